The van der Waals surface area contributed by atoms with Crippen LogP contribution in [0.1, 0.15) is 33.3 Å². The van der Waals surface area contributed by atoms with Crippen molar-refractivity contribution in [3.63, 3.8) is 0 Å². The highest BCUT2D eigenvalue weighted by molar-refractivity contribution is 7.92. The van der Waals surface area contributed by atoms with Crippen LogP contribution in [0, 0.1) is 0 Å². The van der Waals surface area contributed by atoms with Crippen molar-refractivity contribution in [2.75, 3.05) is 29.8 Å². The lowest BCUT2D eigenvalue weighted by Gasteiger charge is -2.34. The minimum absolute atomic E-state index is 0.0580. The number of benzene rings is 2. The highest BCUT2D eigenvalue weighted by atomic mass is 32.2. The Hall–Kier alpha value is -2.74. The molecule has 2 aromatic rings. The van der Waals surface area contributed by atoms with Crippen LogP contribution in [0.2, 0.25) is 0 Å². The van der Waals surface area contributed by atoms with Gasteiger partial charge in [-0.3, -0.25) is 9.10 Å². The molecule has 1 atom stereocenters. The van der Waals surface area contributed by atoms with Gasteiger partial charge in [0, 0.05) is 0 Å². The molecule has 1 heterocycles. The Morgan fingerprint density at radius 3 is 2.48 bits per heavy atom. The number of carbonyl (C=O) groups is 1. The average Bonchev–Trinajstić information content (AvgIpc) is 2.75. The first kappa shape index (κ1) is 22.9. The first-order valence-corrected chi connectivity index (χ1v) is 12.0. The average molecular weight is 447 g/mol. The Balaban J connectivity index is 1.56. The number of ether oxygens (including phenoxy) is 2. The zero-order valence-electron chi connectivity index (χ0n) is 18.4. The van der Waals surface area contributed by atoms with Gasteiger partial charge in [0.05, 0.1) is 24.5 Å². The monoisotopic (exact) mass is 446 g/mol. The minimum Gasteiger partial charge on any atom is -0.492 e. The van der Waals surface area contributed by atoms with Crippen LogP contribution < -0.4 is 19.1 Å². The number of carbonyl (C=O) groups excluding carboxylic acids is 1. The second-order valence-corrected chi connectivity index (χ2v) is 10.6. The van der Waals surface area contributed by atoms with E-state index in [1.165, 1.54) is 9.87 Å². The molecule has 1 amide bonds. The van der Waals surface area contributed by atoms with E-state index in [2.05, 4.69) is 26.1 Å². The first-order chi connectivity index (χ1) is 14.6. The first-order valence-electron chi connectivity index (χ1n) is 10.4. The molecule has 2 aromatic carbocycles. The van der Waals surface area contributed by atoms with E-state index in [0.29, 0.717) is 18.0 Å². The molecule has 0 bridgehead atoms. The lowest BCUT2D eigenvalue weighted by Crippen LogP contribution is -2.51. The van der Waals surface area contributed by atoms with Crippen LogP contribution in [-0.4, -0.2) is 45.9 Å². The van der Waals surface area contributed by atoms with Gasteiger partial charge in [-0.1, -0.05) is 45.0 Å². The molecule has 0 aromatic heterocycles. The van der Waals surface area contributed by atoms with E-state index in [1.807, 2.05) is 24.3 Å². The smallest absolute Gasteiger partial charge is 0.263 e. The van der Waals surface area contributed by atoms with Crippen molar-refractivity contribution < 1.29 is 22.7 Å². The summed E-state index contributed by atoms with van der Waals surface area (Å²) in [6.45, 7) is 8.54. The standard InChI is InChI=1S/C23H30N2O5S/c1-5-31(27,28)25-16-21(30-20-9-7-6-8-19(20)25)22(26)24-14-15-29-18-12-10-17(11-13-18)23(2,3)4/h6-13,21H,5,14-16H2,1-4H3,(H,24,26)/t21-/m1/s1. The molecular weight excluding hydrogens is 416 g/mol. The van der Waals surface area contributed by atoms with E-state index in [-0.39, 0.29) is 30.2 Å². The van der Waals surface area contributed by atoms with Gasteiger partial charge >= 0.3 is 0 Å². The van der Waals surface area contributed by atoms with Crippen molar-refractivity contribution in [1.29, 1.82) is 0 Å². The van der Waals surface area contributed by atoms with Crippen LogP contribution in [0.3, 0.4) is 0 Å². The van der Waals surface area contributed by atoms with Crippen LogP contribution in [0.25, 0.3) is 0 Å². The van der Waals surface area contributed by atoms with Gasteiger partial charge in [-0.25, -0.2) is 8.42 Å². The fourth-order valence-electron chi connectivity index (χ4n) is 3.27. The molecule has 0 aliphatic carbocycles. The molecule has 168 valence electrons. The number of fused-ring (bicyclic) bond motifs is 1. The summed E-state index contributed by atoms with van der Waals surface area (Å²) in [6.07, 6.45) is -0.928. The molecule has 3 rings (SSSR count). The van der Waals surface area contributed by atoms with Gasteiger partial charge in [0.25, 0.3) is 5.91 Å². The molecule has 0 saturated heterocycles. The van der Waals surface area contributed by atoms with E-state index in [0.717, 1.165) is 5.75 Å². The van der Waals surface area contributed by atoms with Gasteiger partial charge in [0.2, 0.25) is 10.0 Å². The fraction of sp³-hybridized carbons (Fsp3) is 0.435. The summed E-state index contributed by atoms with van der Waals surface area (Å²) in [5.74, 6) is 0.668. The van der Waals surface area contributed by atoms with Crippen molar-refractivity contribution >= 4 is 21.6 Å². The molecule has 0 fully saturated rings. The van der Waals surface area contributed by atoms with E-state index < -0.39 is 16.1 Å². The predicted octanol–water partition coefficient (Wildman–Crippen LogP) is 3.10. The molecule has 1 aliphatic heterocycles. The van der Waals surface area contributed by atoms with Crippen LogP contribution in [0.5, 0.6) is 11.5 Å². The van der Waals surface area contributed by atoms with Crippen LogP contribution in [0.15, 0.2) is 48.5 Å². The Kier molecular flexibility index (Phi) is 6.79. The fourth-order valence-corrected chi connectivity index (χ4v) is 4.39. The Labute approximate surface area is 184 Å². The van der Waals surface area contributed by atoms with Gasteiger partial charge in [-0.05, 0) is 42.2 Å². The highest BCUT2D eigenvalue weighted by Gasteiger charge is 2.35. The molecule has 7 nitrogen and oxygen atoms in total. The predicted molar refractivity (Wildman–Crippen MR) is 121 cm³/mol. The van der Waals surface area contributed by atoms with Crippen LogP contribution in [-0.2, 0) is 20.2 Å². The van der Waals surface area contributed by atoms with Gasteiger partial charge < -0.3 is 14.8 Å². The molecule has 0 spiro atoms. The normalized spacial score (nSPS) is 16.3. The van der Waals surface area contributed by atoms with Gasteiger partial charge in [0.1, 0.15) is 18.1 Å². The number of nitrogens with one attached hydrogen (secondary N) is 1. The summed E-state index contributed by atoms with van der Waals surface area (Å²) < 4.78 is 37.7. The Morgan fingerprint density at radius 2 is 1.84 bits per heavy atom. The molecule has 1 aliphatic rings. The van der Waals surface area contributed by atoms with Crippen LogP contribution >= 0.6 is 0 Å². The summed E-state index contributed by atoms with van der Waals surface area (Å²) >= 11 is 0. The van der Waals surface area contributed by atoms with E-state index >= 15 is 0 Å². The molecular formula is C23H30N2O5S. The number of amides is 1. The quantitative estimate of drug-likeness (QED) is 0.661. The summed E-state index contributed by atoms with van der Waals surface area (Å²) in [5, 5.41) is 2.77. The summed E-state index contributed by atoms with van der Waals surface area (Å²) in [7, 11) is -3.53. The third-order valence-corrected chi connectivity index (χ3v) is 6.87. The van der Waals surface area contributed by atoms with Crippen LogP contribution in [0.4, 0.5) is 5.69 Å². The molecule has 0 unspecified atom stereocenters. The summed E-state index contributed by atoms with van der Waals surface area (Å²) in [4.78, 5) is 12.6. The van der Waals surface area contributed by atoms with Crippen molar-refractivity contribution in [3.8, 4) is 11.5 Å². The number of anilines is 1. The van der Waals surface area contributed by atoms with Crippen molar-refractivity contribution in [2.24, 2.45) is 0 Å². The van der Waals surface area contributed by atoms with E-state index in [9.17, 15) is 13.2 Å². The number of rotatable bonds is 7. The van der Waals surface area contributed by atoms with E-state index in [4.69, 9.17) is 9.47 Å². The summed E-state index contributed by atoms with van der Waals surface area (Å²) in [5.41, 5.74) is 1.74. The number of para-hydroxylation sites is 2. The summed E-state index contributed by atoms with van der Waals surface area (Å²) in [6, 6.07) is 14.7. The maximum atomic E-state index is 12.6. The van der Waals surface area contributed by atoms with E-state index in [1.54, 1.807) is 31.2 Å². The highest BCUT2D eigenvalue weighted by Crippen LogP contribution is 2.35. The van der Waals surface area contributed by atoms with Crippen molar-refractivity contribution in [1.82, 2.24) is 5.32 Å². The van der Waals surface area contributed by atoms with Gasteiger partial charge in [-0.15, -0.1) is 0 Å². The topological polar surface area (TPSA) is 84.9 Å². The number of sulfonamides is 1. The zero-order valence-corrected chi connectivity index (χ0v) is 19.2. The maximum Gasteiger partial charge on any atom is 0.263 e. The van der Waals surface area contributed by atoms with Gasteiger partial charge in [0.15, 0.2) is 6.10 Å². The zero-order chi connectivity index (χ0) is 22.6. The molecule has 1 N–H and O–H groups in total. The lowest BCUT2D eigenvalue weighted by atomic mass is 9.87. The molecule has 31 heavy (non-hydrogen) atoms. The third kappa shape index (κ3) is 5.50. The largest absolute Gasteiger partial charge is 0.492 e. The Bertz CT molecular complexity index is 1010. The third-order valence-electron chi connectivity index (χ3n) is 5.12. The SMILES string of the molecule is CCS(=O)(=O)N1C[C@H](C(=O)NCCOc2ccc(C(C)(C)C)cc2)Oc2ccccc21. The molecule has 0 saturated carbocycles. The number of hydrogen-bond donors (Lipinski definition) is 1. The molecule has 8 heteroatoms. The van der Waals surface area contributed by atoms with Gasteiger partial charge in [-0.2, -0.15) is 0 Å². The van der Waals surface area contributed by atoms with Crippen molar-refractivity contribution in [3.05, 3.63) is 54.1 Å². The lowest BCUT2D eigenvalue weighted by molar-refractivity contribution is -0.127. The second kappa shape index (κ2) is 9.18. The number of hydrogen-bond acceptors (Lipinski definition) is 5. The Morgan fingerprint density at radius 1 is 1.16 bits per heavy atom. The van der Waals surface area contributed by atoms with Crippen molar-refractivity contribution in [2.45, 2.75) is 39.2 Å². The maximum absolute atomic E-state index is 12.6. The second-order valence-electron chi connectivity index (χ2n) is 8.42. The number of nitrogens with zero attached hydrogens (tertiary/aromatic N) is 1. The molecule has 0 radical (unpaired) electrons. The minimum atomic E-state index is -3.53.